The highest BCUT2D eigenvalue weighted by Crippen LogP contribution is 2.30. The maximum atomic E-state index is 12.0. The lowest BCUT2D eigenvalue weighted by molar-refractivity contribution is 0.0634. The van der Waals surface area contributed by atoms with E-state index in [1.807, 2.05) is 27.8 Å². The van der Waals surface area contributed by atoms with Gasteiger partial charge in [0.1, 0.15) is 11.4 Å². The van der Waals surface area contributed by atoms with E-state index in [-0.39, 0.29) is 0 Å². The van der Waals surface area contributed by atoms with Gasteiger partial charge in [0.05, 0.1) is 6.20 Å². The number of aryl methyl sites for hydroxylation is 1. The lowest BCUT2D eigenvalue weighted by Gasteiger charge is -2.28. The summed E-state index contributed by atoms with van der Waals surface area (Å²) in [4.78, 5) is 12.0. The maximum absolute atomic E-state index is 12.0. The van der Waals surface area contributed by atoms with Crippen molar-refractivity contribution in [1.29, 1.82) is 0 Å². The summed E-state index contributed by atoms with van der Waals surface area (Å²) in [6, 6.07) is 0.467. The Morgan fingerprint density at radius 1 is 1.48 bits per heavy atom. The lowest BCUT2D eigenvalue weighted by Crippen LogP contribution is -2.31. The van der Waals surface area contributed by atoms with Crippen LogP contribution in [0.15, 0.2) is 6.20 Å². The van der Waals surface area contributed by atoms with Gasteiger partial charge in [-0.15, -0.1) is 0 Å². The van der Waals surface area contributed by atoms with Crippen molar-refractivity contribution in [2.45, 2.75) is 71.6 Å². The quantitative estimate of drug-likeness (QED) is 0.842. The fraction of sp³-hybridized carbons (Fsp3) is 0.765. The van der Waals surface area contributed by atoms with Crippen molar-refractivity contribution in [3.05, 3.63) is 11.8 Å². The van der Waals surface area contributed by atoms with Gasteiger partial charge in [-0.25, -0.2) is 4.79 Å². The fourth-order valence-electron chi connectivity index (χ4n) is 2.77. The minimum atomic E-state index is -0.515. The van der Waals surface area contributed by atoms with E-state index in [4.69, 9.17) is 4.74 Å². The van der Waals surface area contributed by atoms with Crippen LogP contribution in [0.1, 0.15) is 58.9 Å². The van der Waals surface area contributed by atoms with Crippen molar-refractivity contribution in [2.75, 3.05) is 5.32 Å². The Bertz CT molecular complexity index is 529. The molecule has 2 N–H and O–H groups in total. The van der Waals surface area contributed by atoms with Gasteiger partial charge in [-0.1, -0.05) is 19.3 Å². The molecule has 0 radical (unpaired) electrons. The Morgan fingerprint density at radius 2 is 2.17 bits per heavy atom. The van der Waals surface area contributed by atoms with E-state index < -0.39 is 11.7 Å². The summed E-state index contributed by atoms with van der Waals surface area (Å²) in [6.07, 6.45) is 6.66. The van der Waals surface area contributed by atoms with E-state index in [0.29, 0.717) is 18.4 Å². The number of nitrogens with one attached hydrogen (secondary N) is 2. The summed E-state index contributed by atoms with van der Waals surface area (Å²) >= 11 is 0. The topological polar surface area (TPSA) is 68.2 Å². The third kappa shape index (κ3) is 5.53. The smallest absolute Gasteiger partial charge is 0.413 e. The van der Waals surface area contributed by atoms with Gasteiger partial charge in [0.2, 0.25) is 0 Å². The molecule has 1 aromatic heterocycles. The zero-order valence-electron chi connectivity index (χ0n) is 15.0. The lowest BCUT2D eigenvalue weighted by atomic mass is 9.81. The van der Waals surface area contributed by atoms with E-state index in [9.17, 15) is 4.79 Å². The van der Waals surface area contributed by atoms with Gasteiger partial charge in [-0.3, -0.25) is 10.00 Å². The number of carbonyl (C=O) groups excluding carboxylic acids is 1. The predicted octanol–water partition coefficient (Wildman–Crippen LogP) is 3.44. The number of amides is 1. The zero-order valence-corrected chi connectivity index (χ0v) is 15.0. The SMILES string of the molecule is CC(CC1CCC1)NCc1cnn(C)c1NC(=O)OC(C)(C)C. The Morgan fingerprint density at radius 3 is 2.74 bits per heavy atom. The van der Waals surface area contributed by atoms with Crippen LogP contribution in [-0.4, -0.2) is 27.5 Å². The van der Waals surface area contributed by atoms with Crippen LogP contribution in [0.25, 0.3) is 0 Å². The molecule has 1 heterocycles. The van der Waals surface area contributed by atoms with Crippen LogP contribution >= 0.6 is 0 Å². The van der Waals surface area contributed by atoms with Crippen molar-refractivity contribution in [3.8, 4) is 0 Å². The number of hydrogen-bond acceptors (Lipinski definition) is 4. The Hall–Kier alpha value is -1.56. The highest BCUT2D eigenvalue weighted by molar-refractivity contribution is 5.84. The zero-order chi connectivity index (χ0) is 17.0. The molecule has 0 bridgehead atoms. The van der Waals surface area contributed by atoms with Crippen molar-refractivity contribution in [3.63, 3.8) is 0 Å². The highest BCUT2D eigenvalue weighted by atomic mass is 16.6. The van der Waals surface area contributed by atoms with Crippen LogP contribution in [0, 0.1) is 5.92 Å². The van der Waals surface area contributed by atoms with Crippen LogP contribution in [-0.2, 0) is 18.3 Å². The molecule has 2 rings (SSSR count). The third-order valence-electron chi connectivity index (χ3n) is 4.19. The van der Waals surface area contributed by atoms with Crippen molar-refractivity contribution >= 4 is 11.9 Å². The number of ether oxygens (including phenoxy) is 1. The number of hydrogen-bond donors (Lipinski definition) is 2. The molecule has 0 spiro atoms. The average Bonchev–Trinajstić information content (AvgIpc) is 2.71. The first kappa shape index (κ1) is 17.8. The molecule has 1 atom stereocenters. The summed E-state index contributed by atoms with van der Waals surface area (Å²) in [7, 11) is 1.81. The van der Waals surface area contributed by atoms with E-state index in [2.05, 4.69) is 22.7 Å². The van der Waals surface area contributed by atoms with E-state index >= 15 is 0 Å². The highest BCUT2D eigenvalue weighted by Gasteiger charge is 2.21. The first-order chi connectivity index (χ1) is 10.7. The van der Waals surface area contributed by atoms with Gasteiger partial charge >= 0.3 is 6.09 Å². The average molecular weight is 322 g/mol. The molecule has 23 heavy (non-hydrogen) atoms. The monoisotopic (exact) mass is 322 g/mol. The van der Waals surface area contributed by atoms with Crippen LogP contribution < -0.4 is 10.6 Å². The van der Waals surface area contributed by atoms with Crippen LogP contribution in [0.3, 0.4) is 0 Å². The fourth-order valence-corrected chi connectivity index (χ4v) is 2.77. The molecule has 130 valence electrons. The molecule has 1 aliphatic rings. The van der Waals surface area contributed by atoms with Gasteiger partial charge in [0, 0.05) is 25.2 Å². The molecule has 0 aliphatic heterocycles. The van der Waals surface area contributed by atoms with E-state index in [1.54, 1.807) is 10.9 Å². The van der Waals surface area contributed by atoms with Crippen LogP contribution in [0.4, 0.5) is 10.6 Å². The number of aromatic nitrogens is 2. The number of nitrogens with zero attached hydrogens (tertiary/aromatic N) is 2. The molecular weight excluding hydrogens is 292 g/mol. The first-order valence-electron chi connectivity index (χ1n) is 8.49. The molecule has 1 fully saturated rings. The molecule has 1 unspecified atom stereocenters. The van der Waals surface area contributed by atoms with Gasteiger partial charge in [0.15, 0.2) is 0 Å². The van der Waals surface area contributed by atoms with Gasteiger partial charge in [0.25, 0.3) is 0 Å². The second-order valence-electron chi connectivity index (χ2n) is 7.58. The summed E-state index contributed by atoms with van der Waals surface area (Å²) in [6.45, 7) is 8.45. The van der Waals surface area contributed by atoms with Crippen LogP contribution in [0.5, 0.6) is 0 Å². The summed E-state index contributed by atoms with van der Waals surface area (Å²) in [5.74, 6) is 1.56. The Balaban J connectivity index is 1.88. The predicted molar refractivity (Wildman–Crippen MR) is 91.3 cm³/mol. The Kier molecular flexibility index (Phi) is 5.68. The third-order valence-corrected chi connectivity index (χ3v) is 4.19. The van der Waals surface area contributed by atoms with Crippen molar-refractivity contribution < 1.29 is 9.53 Å². The molecule has 1 aromatic rings. The molecule has 6 nitrogen and oxygen atoms in total. The summed E-state index contributed by atoms with van der Waals surface area (Å²) < 4.78 is 6.97. The molecular formula is C17H30N4O2. The molecule has 1 saturated carbocycles. The largest absolute Gasteiger partial charge is 0.444 e. The first-order valence-corrected chi connectivity index (χ1v) is 8.49. The van der Waals surface area contributed by atoms with E-state index in [1.165, 1.54) is 25.7 Å². The number of carbonyl (C=O) groups is 1. The maximum Gasteiger partial charge on any atom is 0.413 e. The molecule has 0 aromatic carbocycles. The van der Waals surface area contributed by atoms with Gasteiger partial charge in [-0.2, -0.15) is 5.10 Å². The Labute approximate surface area is 139 Å². The second kappa shape index (κ2) is 7.34. The molecule has 6 heteroatoms. The summed E-state index contributed by atoms with van der Waals surface area (Å²) in [5, 5.41) is 10.6. The standard InChI is InChI=1S/C17H30N4O2/c1-12(9-13-7-6-8-13)18-10-14-11-19-21(5)15(14)20-16(22)23-17(2,3)4/h11-13,18H,6-10H2,1-5H3,(H,20,22). The number of anilines is 1. The number of rotatable bonds is 6. The van der Waals surface area contributed by atoms with Crippen molar-refractivity contribution in [2.24, 2.45) is 13.0 Å². The second-order valence-corrected chi connectivity index (χ2v) is 7.58. The minimum absolute atomic E-state index is 0.454. The van der Waals surface area contributed by atoms with Gasteiger partial charge in [-0.05, 0) is 40.0 Å². The molecule has 1 aliphatic carbocycles. The summed E-state index contributed by atoms with van der Waals surface area (Å²) in [5.41, 5.74) is 0.456. The van der Waals surface area contributed by atoms with Crippen molar-refractivity contribution in [1.82, 2.24) is 15.1 Å². The molecule has 1 amide bonds. The van der Waals surface area contributed by atoms with Gasteiger partial charge < -0.3 is 10.1 Å². The normalized spacial score (nSPS) is 16.7. The van der Waals surface area contributed by atoms with Crippen LogP contribution in [0.2, 0.25) is 0 Å². The minimum Gasteiger partial charge on any atom is -0.444 e. The molecule has 0 saturated heterocycles. The van der Waals surface area contributed by atoms with E-state index in [0.717, 1.165) is 11.5 Å².